The highest BCUT2D eigenvalue weighted by molar-refractivity contribution is 7.92. The molecule has 2 saturated carbocycles. The fourth-order valence-corrected chi connectivity index (χ4v) is 6.12. The number of ether oxygens (including phenoxy) is 1. The first-order valence-corrected chi connectivity index (χ1v) is 12.8. The molecule has 5 atom stereocenters. The number of rotatable bonds is 8. The Labute approximate surface area is 179 Å². The highest BCUT2D eigenvalue weighted by Gasteiger charge is 2.40. The van der Waals surface area contributed by atoms with Gasteiger partial charge in [-0.2, -0.15) is 0 Å². The van der Waals surface area contributed by atoms with E-state index in [1.54, 1.807) is 0 Å². The van der Waals surface area contributed by atoms with Crippen LogP contribution in [0.25, 0.3) is 0 Å². The first-order valence-electron chi connectivity index (χ1n) is 10.5. The predicted octanol–water partition coefficient (Wildman–Crippen LogP) is 2.29. The van der Waals surface area contributed by atoms with Crippen LogP contribution in [0.15, 0.2) is 0 Å². The fraction of sp³-hybridized carbons (Fsp3) is 0.857. The smallest absolute Gasteiger partial charge is 0.320 e. The van der Waals surface area contributed by atoms with Crippen LogP contribution in [0.1, 0.15) is 57.8 Å². The highest BCUT2D eigenvalue weighted by Crippen LogP contribution is 2.39. The summed E-state index contributed by atoms with van der Waals surface area (Å²) in [7, 11) is -2.32. The number of hydrogen-bond donors (Lipinski definition) is 2. The molecule has 0 aliphatic heterocycles. The Bertz CT molecular complexity index is 692. The molecule has 0 bridgehead atoms. The molecular formula is C21H33ClO6S. The molecular weight excluding hydrogens is 416 g/mol. The van der Waals surface area contributed by atoms with E-state index in [1.165, 1.54) is 6.42 Å². The lowest BCUT2D eigenvalue weighted by molar-refractivity contribution is -0.137. The summed E-state index contributed by atoms with van der Waals surface area (Å²) in [5.41, 5.74) is 0. The third-order valence-electron chi connectivity index (χ3n) is 6.11. The van der Waals surface area contributed by atoms with Crippen molar-refractivity contribution in [3.05, 3.63) is 0 Å². The van der Waals surface area contributed by atoms with Crippen LogP contribution in [0.4, 0.5) is 0 Å². The Kier molecular flexibility index (Phi) is 9.74. The number of halogens is 1. The van der Waals surface area contributed by atoms with Crippen molar-refractivity contribution in [1.82, 2.24) is 0 Å². The minimum atomic E-state index is -3.48. The third-order valence-corrected chi connectivity index (χ3v) is 8.20. The van der Waals surface area contributed by atoms with Crippen LogP contribution in [0.2, 0.25) is 0 Å². The first kappa shape index (κ1) is 24.5. The van der Waals surface area contributed by atoms with Crippen molar-refractivity contribution in [2.45, 2.75) is 75.4 Å². The maximum absolute atomic E-state index is 11.9. The van der Waals surface area contributed by atoms with E-state index in [2.05, 4.69) is 16.6 Å². The summed E-state index contributed by atoms with van der Waals surface area (Å²) in [6.07, 6.45) is 6.28. The van der Waals surface area contributed by atoms with Gasteiger partial charge in [0.05, 0.1) is 24.9 Å². The quantitative estimate of drug-likeness (QED) is 0.256. The maximum Gasteiger partial charge on any atom is 0.320 e. The highest BCUT2D eigenvalue weighted by atomic mass is 35.5. The Morgan fingerprint density at radius 3 is 2.59 bits per heavy atom. The summed E-state index contributed by atoms with van der Waals surface area (Å²) >= 11 is 6.42. The molecule has 2 fully saturated rings. The third kappa shape index (κ3) is 7.75. The standard InChI is InChI=1S/C21H33ClO6S/c1-28-21(25)14-29(26,27)12-6-5-9-16-17(20(24)13-18(16)22)10-11-19(23)15-7-3-2-4-8-15/h15-20,23-24H,2-9,12-14H2,1H3/t16-,17-,18+,19?,20-/m1/s1. The Morgan fingerprint density at radius 2 is 1.93 bits per heavy atom. The lowest BCUT2D eigenvalue weighted by Gasteiger charge is -2.24. The van der Waals surface area contributed by atoms with Crippen molar-refractivity contribution in [3.63, 3.8) is 0 Å². The number of methoxy groups -OCH3 is 1. The van der Waals surface area contributed by atoms with E-state index in [-0.39, 0.29) is 28.9 Å². The van der Waals surface area contributed by atoms with Crippen molar-refractivity contribution < 1.29 is 28.2 Å². The number of unbranched alkanes of at least 4 members (excludes halogenated alkanes) is 1. The molecule has 0 amide bonds. The molecule has 29 heavy (non-hydrogen) atoms. The minimum Gasteiger partial charge on any atom is -0.468 e. The molecule has 166 valence electrons. The van der Waals surface area contributed by atoms with Gasteiger partial charge in [-0.05, 0) is 43.9 Å². The number of carbonyl (C=O) groups excluding carboxylic acids is 1. The number of carbonyl (C=O) groups is 1. The number of sulfone groups is 1. The van der Waals surface area contributed by atoms with Gasteiger partial charge in [0.15, 0.2) is 9.84 Å². The molecule has 0 spiro atoms. The topological polar surface area (TPSA) is 101 Å². The lowest BCUT2D eigenvalue weighted by atomic mass is 9.84. The van der Waals surface area contributed by atoms with Crippen LogP contribution < -0.4 is 0 Å². The maximum atomic E-state index is 11.9. The van der Waals surface area contributed by atoms with Gasteiger partial charge in [0.25, 0.3) is 0 Å². The number of aliphatic hydroxyl groups excluding tert-OH is 2. The molecule has 0 radical (unpaired) electrons. The van der Waals surface area contributed by atoms with Gasteiger partial charge in [-0.1, -0.05) is 37.5 Å². The number of aliphatic hydroxyl groups is 2. The zero-order valence-corrected chi connectivity index (χ0v) is 18.6. The Morgan fingerprint density at radius 1 is 1.24 bits per heavy atom. The van der Waals surface area contributed by atoms with Crippen molar-refractivity contribution in [2.75, 3.05) is 18.6 Å². The van der Waals surface area contributed by atoms with E-state index in [0.717, 1.165) is 32.8 Å². The molecule has 0 heterocycles. The van der Waals surface area contributed by atoms with Crippen LogP contribution in [0, 0.1) is 29.6 Å². The lowest BCUT2D eigenvalue weighted by Crippen LogP contribution is -2.23. The minimum absolute atomic E-state index is 0.0407. The number of alkyl halides is 1. The Balaban J connectivity index is 1.86. The molecule has 2 aliphatic rings. The van der Waals surface area contributed by atoms with Crippen molar-refractivity contribution in [2.24, 2.45) is 17.8 Å². The van der Waals surface area contributed by atoms with Crippen molar-refractivity contribution >= 4 is 27.4 Å². The second kappa shape index (κ2) is 11.5. The SMILES string of the molecule is COC(=O)CS(=O)(=O)CCCC[C@@H]1[C@@H](C#CC(O)C2CCCCC2)[C@H](O)C[C@@H]1Cl. The van der Waals surface area contributed by atoms with Crippen LogP contribution in [0.5, 0.6) is 0 Å². The molecule has 0 aromatic heterocycles. The van der Waals surface area contributed by atoms with Gasteiger partial charge in [0.2, 0.25) is 0 Å². The fourth-order valence-electron chi connectivity index (χ4n) is 4.39. The van der Waals surface area contributed by atoms with Gasteiger partial charge in [-0.3, -0.25) is 4.79 Å². The normalized spacial score (nSPS) is 29.1. The van der Waals surface area contributed by atoms with E-state index in [9.17, 15) is 23.4 Å². The number of hydrogen-bond acceptors (Lipinski definition) is 6. The summed E-state index contributed by atoms with van der Waals surface area (Å²) in [5.74, 6) is 4.47. The van der Waals surface area contributed by atoms with Crippen molar-refractivity contribution in [1.29, 1.82) is 0 Å². The second-order valence-corrected chi connectivity index (χ2v) is 11.0. The van der Waals surface area contributed by atoms with E-state index < -0.39 is 33.8 Å². The van der Waals surface area contributed by atoms with Gasteiger partial charge < -0.3 is 14.9 Å². The summed E-state index contributed by atoms with van der Waals surface area (Å²) in [6.45, 7) is 0. The molecule has 0 aromatic carbocycles. The number of esters is 1. The van der Waals surface area contributed by atoms with Gasteiger partial charge in [0.1, 0.15) is 11.9 Å². The van der Waals surface area contributed by atoms with Gasteiger partial charge in [-0.15, -0.1) is 11.6 Å². The molecule has 6 nitrogen and oxygen atoms in total. The molecule has 0 saturated heterocycles. The van der Waals surface area contributed by atoms with E-state index >= 15 is 0 Å². The largest absolute Gasteiger partial charge is 0.468 e. The summed E-state index contributed by atoms with van der Waals surface area (Å²) in [4.78, 5) is 11.2. The zero-order chi connectivity index (χ0) is 21.4. The summed E-state index contributed by atoms with van der Waals surface area (Å²) in [6, 6.07) is 0. The van der Waals surface area contributed by atoms with E-state index in [4.69, 9.17) is 11.6 Å². The molecule has 2 rings (SSSR count). The average Bonchev–Trinajstić information content (AvgIpc) is 2.96. The predicted molar refractivity (Wildman–Crippen MR) is 112 cm³/mol. The van der Waals surface area contributed by atoms with Crippen molar-refractivity contribution in [3.8, 4) is 11.8 Å². The van der Waals surface area contributed by atoms with Gasteiger partial charge in [-0.25, -0.2) is 8.42 Å². The van der Waals surface area contributed by atoms with Gasteiger partial charge >= 0.3 is 5.97 Å². The summed E-state index contributed by atoms with van der Waals surface area (Å²) in [5, 5.41) is 20.5. The molecule has 2 N–H and O–H groups in total. The molecule has 2 aliphatic carbocycles. The zero-order valence-electron chi connectivity index (χ0n) is 17.1. The summed E-state index contributed by atoms with van der Waals surface area (Å²) < 4.78 is 28.2. The Hall–Kier alpha value is -0.810. The van der Waals surface area contributed by atoms with Crippen LogP contribution in [-0.4, -0.2) is 60.8 Å². The van der Waals surface area contributed by atoms with Gasteiger partial charge in [0, 0.05) is 5.38 Å². The molecule has 8 heteroatoms. The average molecular weight is 449 g/mol. The van der Waals surface area contributed by atoms with Crippen LogP contribution in [-0.2, 0) is 19.4 Å². The van der Waals surface area contributed by atoms with Crippen LogP contribution in [0.3, 0.4) is 0 Å². The first-order chi connectivity index (χ1) is 13.7. The van der Waals surface area contributed by atoms with E-state index in [1.807, 2.05) is 0 Å². The molecule has 1 unspecified atom stereocenters. The van der Waals surface area contributed by atoms with Crippen LogP contribution >= 0.6 is 11.6 Å². The van der Waals surface area contributed by atoms with E-state index in [0.29, 0.717) is 25.7 Å². The molecule has 0 aromatic rings. The second-order valence-electron chi connectivity index (χ2n) is 8.30. The monoisotopic (exact) mass is 448 g/mol.